The van der Waals surface area contributed by atoms with Gasteiger partial charge in [0, 0.05) is 29.2 Å². The van der Waals surface area contributed by atoms with Crippen LogP contribution >= 0.6 is 19.4 Å². The van der Waals surface area contributed by atoms with Crippen molar-refractivity contribution in [2.45, 2.75) is 74.0 Å². The third kappa shape index (κ3) is 8.35. The van der Waals surface area contributed by atoms with E-state index in [1.165, 1.54) is 43.9 Å². The quantitative estimate of drug-likeness (QED) is 0.213. The Bertz CT molecular complexity index is 1350. The molecule has 0 bridgehead atoms. The predicted octanol–water partition coefficient (Wildman–Crippen LogP) is 5.08. The van der Waals surface area contributed by atoms with Gasteiger partial charge in [0.25, 0.3) is 0 Å². The second kappa shape index (κ2) is 14.2. The molecule has 2 aromatic rings. The molecule has 0 aromatic heterocycles. The number of halogens is 2. The number of rotatable bonds is 11. The zero-order valence-corrected chi connectivity index (χ0v) is 25.2. The Hall–Kier alpha value is -2.99. The van der Waals surface area contributed by atoms with Crippen LogP contribution in [-0.2, 0) is 26.2 Å². The Morgan fingerprint density at radius 3 is 2.40 bits per heavy atom. The van der Waals surface area contributed by atoms with Crippen molar-refractivity contribution >= 4 is 43.0 Å². The Labute approximate surface area is 252 Å². The van der Waals surface area contributed by atoms with Gasteiger partial charge in [0.05, 0.1) is 5.69 Å². The summed E-state index contributed by atoms with van der Waals surface area (Å²) in [5.74, 6) is -0.186. The van der Waals surface area contributed by atoms with Crippen LogP contribution < -0.4 is 15.5 Å². The lowest BCUT2D eigenvalue weighted by atomic mass is 9.86. The summed E-state index contributed by atoms with van der Waals surface area (Å²) in [6.45, 7) is 0.488. The maximum Gasteiger partial charge on any atom is 0.405 e. The van der Waals surface area contributed by atoms with Crippen LogP contribution in [0.3, 0.4) is 0 Å². The van der Waals surface area contributed by atoms with Gasteiger partial charge in [-0.05, 0) is 36.5 Å². The van der Waals surface area contributed by atoms with Gasteiger partial charge in [0.15, 0.2) is 0 Å². The van der Waals surface area contributed by atoms with E-state index in [9.17, 15) is 32.8 Å². The van der Waals surface area contributed by atoms with Crippen LogP contribution in [0.25, 0.3) is 0 Å². The van der Waals surface area contributed by atoms with E-state index >= 15 is 0 Å². The molecule has 1 heterocycles. The second-order valence-corrected chi connectivity index (χ2v) is 13.7. The molecule has 0 spiro atoms. The number of benzene rings is 2. The van der Waals surface area contributed by atoms with E-state index in [1.807, 2.05) is 24.3 Å². The standard InChI is InChI=1S/C29H36F2N3O7PS/c30-29(31,42(39,40)41)21-14-12-20(13-15-21)17-22(33-28(37)38)26(35)32-23-18-43-25-11-5-4-10-24(25)34(27(23)36)16-6-9-19-7-2-1-3-8-19/h4-5,10-15,19,22-23,33H,1-3,6-9,16-18H2,(H,32,35)(H,37,38)(H2,39,40,41). The van der Waals surface area contributed by atoms with Crippen LogP contribution in [0.1, 0.15) is 56.1 Å². The molecule has 43 heavy (non-hydrogen) atoms. The van der Waals surface area contributed by atoms with E-state index in [4.69, 9.17) is 9.79 Å². The van der Waals surface area contributed by atoms with Gasteiger partial charge in [-0.15, -0.1) is 11.8 Å². The predicted molar refractivity (Wildman–Crippen MR) is 158 cm³/mol. The summed E-state index contributed by atoms with van der Waals surface area (Å²) in [6.07, 6.45) is 6.21. The molecule has 3 amide bonds. The number of thioether (sulfide) groups is 1. The van der Waals surface area contributed by atoms with Crippen LogP contribution in [0.5, 0.6) is 0 Å². The number of nitrogens with one attached hydrogen (secondary N) is 2. The van der Waals surface area contributed by atoms with Crippen LogP contribution in [0, 0.1) is 5.92 Å². The number of fused-ring (bicyclic) bond motifs is 1. The SMILES string of the molecule is O=C(O)NC(Cc1ccc(C(F)(F)P(=O)(O)O)cc1)C(=O)NC1CSc2ccccc2N(CCCC2CCCCC2)C1=O. The Kier molecular flexibility index (Phi) is 10.9. The highest BCUT2D eigenvalue weighted by atomic mass is 32.2. The molecule has 1 aliphatic carbocycles. The number of hydrogen-bond donors (Lipinski definition) is 5. The number of alkyl halides is 2. The first kappa shape index (κ1) is 32.9. The molecule has 1 saturated carbocycles. The first-order valence-electron chi connectivity index (χ1n) is 14.2. The van der Waals surface area contributed by atoms with E-state index in [-0.39, 0.29) is 23.6 Å². The maximum absolute atomic E-state index is 14.0. The number of nitrogens with zero attached hydrogens (tertiary/aromatic N) is 1. The van der Waals surface area contributed by atoms with Crippen molar-refractivity contribution in [2.24, 2.45) is 5.92 Å². The summed E-state index contributed by atoms with van der Waals surface area (Å²) in [6, 6.07) is 9.13. The number of anilines is 1. The van der Waals surface area contributed by atoms with E-state index in [0.717, 1.165) is 47.7 Å². The summed E-state index contributed by atoms with van der Waals surface area (Å²) < 4.78 is 39.2. The molecule has 1 fully saturated rings. The van der Waals surface area contributed by atoms with Gasteiger partial charge in [-0.2, -0.15) is 8.78 Å². The molecule has 2 unspecified atom stereocenters. The third-order valence-electron chi connectivity index (χ3n) is 7.88. The molecule has 2 atom stereocenters. The van der Waals surface area contributed by atoms with Crippen LogP contribution in [-0.4, -0.2) is 57.2 Å². The number of carboxylic acid groups (broad SMARTS) is 1. The van der Waals surface area contributed by atoms with Gasteiger partial charge in [0.2, 0.25) is 11.8 Å². The molecular formula is C29H36F2N3O7PS. The topological polar surface area (TPSA) is 156 Å². The van der Waals surface area contributed by atoms with Crippen molar-refractivity contribution in [1.82, 2.24) is 10.6 Å². The van der Waals surface area contributed by atoms with Gasteiger partial charge in [-0.3, -0.25) is 14.2 Å². The third-order valence-corrected chi connectivity index (χ3v) is 10.0. The van der Waals surface area contributed by atoms with E-state index in [1.54, 1.807) is 4.90 Å². The number of para-hydroxylation sites is 1. The van der Waals surface area contributed by atoms with E-state index in [0.29, 0.717) is 12.5 Å². The fourth-order valence-corrected chi connectivity index (χ4v) is 7.14. The fourth-order valence-electron chi connectivity index (χ4n) is 5.58. The van der Waals surface area contributed by atoms with Crippen molar-refractivity contribution < 1.29 is 42.6 Å². The molecular weight excluding hydrogens is 603 g/mol. The average molecular weight is 640 g/mol. The average Bonchev–Trinajstić information content (AvgIpc) is 3.09. The molecule has 5 N–H and O–H groups in total. The number of carbonyl (C=O) groups is 3. The lowest BCUT2D eigenvalue weighted by Gasteiger charge is -2.28. The molecule has 14 heteroatoms. The van der Waals surface area contributed by atoms with Crippen LogP contribution in [0.15, 0.2) is 53.4 Å². The summed E-state index contributed by atoms with van der Waals surface area (Å²) >= 11 is 1.42. The largest absolute Gasteiger partial charge is 0.465 e. The van der Waals surface area contributed by atoms with Crippen LogP contribution in [0.4, 0.5) is 19.3 Å². The minimum absolute atomic E-state index is 0.229. The Balaban J connectivity index is 1.47. The highest BCUT2D eigenvalue weighted by Gasteiger charge is 2.50. The maximum atomic E-state index is 14.0. The monoisotopic (exact) mass is 639 g/mol. The molecule has 2 aliphatic rings. The van der Waals surface area contributed by atoms with Crippen molar-refractivity contribution in [2.75, 3.05) is 17.2 Å². The fraction of sp³-hybridized carbons (Fsp3) is 0.483. The first-order valence-corrected chi connectivity index (χ1v) is 16.8. The smallest absolute Gasteiger partial charge is 0.405 e. The Morgan fingerprint density at radius 2 is 1.74 bits per heavy atom. The zero-order chi connectivity index (χ0) is 31.2. The summed E-state index contributed by atoms with van der Waals surface area (Å²) in [7, 11) is -5.76. The van der Waals surface area contributed by atoms with E-state index in [2.05, 4.69) is 10.6 Å². The molecule has 0 saturated heterocycles. The number of amides is 3. The highest BCUT2D eigenvalue weighted by molar-refractivity contribution is 7.99. The minimum atomic E-state index is -5.76. The lowest BCUT2D eigenvalue weighted by Crippen LogP contribution is -2.55. The normalized spacial score (nSPS) is 18.8. The van der Waals surface area contributed by atoms with Gasteiger partial charge < -0.3 is 30.4 Å². The molecule has 2 aromatic carbocycles. The number of hydrogen-bond acceptors (Lipinski definition) is 5. The highest BCUT2D eigenvalue weighted by Crippen LogP contribution is 2.59. The van der Waals surface area contributed by atoms with Gasteiger partial charge >= 0.3 is 19.4 Å². The van der Waals surface area contributed by atoms with Crippen molar-refractivity contribution in [3.05, 3.63) is 59.7 Å². The molecule has 1 aliphatic heterocycles. The number of carbonyl (C=O) groups excluding carboxylic acids is 2. The van der Waals surface area contributed by atoms with Crippen molar-refractivity contribution in [1.29, 1.82) is 0 Å². The first-order chi connectivity index (χ1) is 20.4. The minimum Gasteiger partial charge on any atom is -0.465 e. The summed E-state index contributed by atoms with van der Waals surface area (Å²) in [4.78, 5) is 59.1. The summed E-state index contributed by atoms with van der Waals surface area (Å²) in [5.41, 5.74) is -4.29. The van der Waals surface area contributed by atoms with Crippen molar-refractivity contribution in [3.63, 3.8) is 0 Å². The Morgan fingerprint density at radius 1 is 1.07 bits per heavy atom. The zero-order valence-electron chi connectivity index (χ0n) is 23.5. The lowest BCUT2D eigenvalue weighted by molar-refractivity contribution is -0.128. The molecule has 10 nitrogen and oxygen atoms in total. The molecule has 4 rings (SSSR count). The van der Waals surface area contributed by atoms with Gasteiger partial charge in [-0.25, -0.2) is 4.79 Å². The van der Waals surface area contributed by atoms with Crippen molar-refractivity contribution in [3.8, 4) is 0 Å². The van der Waals surface area contributed by atoms with Gasteiger partial charge in [-0.1, -0.05) is 68.5 Å². The summed E-state index contributed by atoms with van der Waals surface area (Å²) in [5, 5.41) is 14.2. The molecule has 234 valence electrons. The second-order valence-electron chi connectivity index (χ2n) is 11.0. The molecule has 0 radical (unpaired) electrons. The van der Waals surface area contributed by atoms with Gasteiger partial charge in [0.1, 0.15) is 12.1 Å². The van der Waals surface area contributed by atoms with E-state index < -0.39 is 42.9 Å². The van der Waals surface area contributed by atoms with Crippen LogP contribution in [0.2, 0.25) is 0 Å².